The maximum Gasteiger partial charge on any atom is 0.193 e. The molecule has 1 aliphatic heterocycles. The normalized spacial score (nSPS) is 18.4. The Morgan fingerprint density at radius 1 is 1.31 bits per heavy atom. The molecule has 2 aromatic rings. The van der Waals surface area contributed by atoms with Crippen LogP contribution in [0, 0.1) is 0 Å². The SMILES string of the molecule is CCNC(=NCC(C)(C)c1ccccc1)N1CCC(c2cnn(C)c2)C1. The predicted molar refractivity (Wildman–Crippen MR) is 108 cm³/mol. The lowest BCUT2D eigenvalue weighted by Gasteiger charge is -2.26. The van der Waals surface area contributed by atoms with Crippen LogP contribution in [-0.2, 0) is 12.5 Å². The van der Waals surface area contributed by atoms with E-state index in [0.717, 1.165) is 38.6 Å². The number of hydrogen-bond donors (Lipinski definition) is 1. The number of aromatic nitrogens is 2. The molecule has 1 saturated heterocycles. The Morgan fingerprint density at radius 2 is 2.08 bits per heavy atom. The fourth-order valence-corrected chi connectivity index (χ4v) is 3.55. The second-order valence-corrected chi connectivity index (χ2v) is 7.80. The zero-order valence-corrected chi connectivity index (χ0v) is 16.4. The summed E-state index contributed by atoms with van der Waals surface area (Å²) >= 11 is 0. The van der Waals surface area contributed by atoms with E-state index >= 15 is 0 Å². The lowest BCUT2D eigenvalue weighted by molar-refractivity contribution is 0.474. The second kappa shape index (κ2) is 7.94. The van der Waals surface area contributed by atoms with Crippen molar-refractivity contribution < 1.29 is 0 Å². The molecular formula is C21H31N5. The first-order valence-corrected chi connectivity index (χ1v) is 9.57. The van der Waals surface area contributed by atoms with Crippen molar-refractivity contribution in [3.8, 4) is 0 Å². The van der Waals surface area contributed by atoms with Crippen molar-refractivity contribution in [3.05, 3.63) is 53.9 Å². The first kappa shape index (κ1) is 18.5. The van der Waals surface area contributed by atoms with Gasteiger partial charge in [-0.1, -0.05) is 44.2 Å². The topological polar surface area (TPSA) is 45.5 Å². The van der Waals surface area contributed by atoms with E-state index in [-0.39, 0.29) is 5.41 Å². The highest BCUT2D eigenvalue weighted by Gasteiger charge is 2.28. The van der Waals surface area contributed by atoms with Crippen molar-refractivity contribution in [1.29, 1.82) is 0 Å². The summed E-state index contributed by atoms with van der Waals surface area (Å²) in [4.78, 5) is 7.38. The Hall–Kier alpha value is -2.30. The van der Waals surface area contributed by atoms with Crippen LogP contribution < -0.4 is 5.32 Å². The first-order valence-electron chi connectivity index (χ1n) is 9.57. The number of nitrogens with zero attached hydrogens (tertiary/aromatic N) is 4. The fourth-order valence-electron chi connectivity index (χ4n) is 3.55. The minimum absolute atomic E-state index is 0.0183. The maximum atomic E-state index is 4.99. The van der Waals surface area contributed by atoms with Gasteiger partial charge in [0.25, 0.3) is 0 Å². The molecule has 0 saturated carbocycles. The molecule has 0 aliphatic carbocycles. The van der Waals surface area contributed by atoms with Crippen molar-refractivity contribution in [2.75, 3.05) is 26.2 Å². The molecule has 26 heavy (non-hydrogen) atoms. The molecule has 0 spiro atoms. The molecule has 0 bridgehead atoms. The number of aliphatic imine (C=N–C) groups is 1. The highest BCUT2D eigenvalue weighted by Crippen LogP contribution is 2.27. The van der Waals surface area contributed by atoms with Crippen LogP contribution in [0.2, 0.25) is 0 Å². The molecule has 1 atom stereocenters. The average molecular weight is 354 g/mol. The van der Waals surface area contributed by atoms with E-state index in [1.54, 1.807) is 0 Å². The highest BCUT2D eigenvalue weighted by atomic mass is 15.3. The summed E-state index contributed by atoms with van der Waals surface area (Å²) in [6, 6.07) is 10.7. The van der Waals surface area contributed by atoms with E-state index in [1.165, 1.54) is 11.1 Å². The number of likely N-dealkylation sites (tertiary alicyclic amines) is 1. The van der Waals surface area contributed by atoms with Crippen LogP contribution in [0.15, 0.2) is 47.7 Å². The molecule has 1 aromatic heterocycles. The van der Waals surface area contributed by atoms with E-state index < -0.39 is 0 Å². The number of aryl methyl sites for hydroxylation is 1. The third-order valence-corrected chi connectivity index (χ3v) is 5.20. The molecule has 0 amide bonds. The number of rotatable bonds is 5. The first-order chi connectivity index (χ1) is 12.5. The van der Waals surface area contributed by atoms with Crippen molar-refractivity contribution in [3.63, 3.8) is 0 Å². The largest absolute Gasteiger partial charge is 0.357 e. The van der Waals surface area contributed by atoms with Gasteiger partial charge in [-0.2, -0.15) is 5.10 Å². The third kappa shape index (κ3) is 4.26. The number of guanidine groups is 1. The monoisotopic (exact) mass is 353 g/mol. The van der Waals surface area contributed by atoms with Crippen LogP contribution in [0.1, 0.15) is 44.2 Å². The molecule has 1 aliphatic rings. The minimum Gasteiger partial charge on any atom is -0.357 e. The zero-order chi connectivity index (χ0) is 18.6. The Labute approximate surface area is 157 Å². The quantitative estimate of drug-likeness (QED) is 0.663. The molecule has 1 unspecified atom stereocenters. The molecule has 5 nitrogen and oxygen atoms in total. The van der Waals surface area contributed by atoms with E-state index in [1.807, 2.05) is 17.9 Å². The summed E-state index contributed by atoms with van der Waals surface area (Å²) in [7, 11) is 1.98. The van der Waals surface area contributed by atoms with Gasteiger partial charge in [-0.25, -0.2) is 0 Å². The second-order valence-electron chi connectivity index (χ2n) is 7.80. The lowest BCUT2D eigenvalue weighted by Crippen LogP contribution is -2.41. The van der Waals surface area contributed by atoms with Gasteiger partial charge in [0, 0.05) is 44.2 Å². The molecule has 0 radical (unpaired) electrons. The number of nitrogens with one attached hydrogen (secondary N) is 1. The summed E-state index contributed by atoms with van der Waals surface area (Å²) in [6.45, 7) is 10.4. The molecule has 140 valence electrons. The minimum atomic E-state index is 0.0183. The fraction of sp³-hybridized carbons (Fsp3) is 0.524. The average Bonchev–Trinajstić information content (AvgIpc) is 3.28. The van der Waals surface area contributed by atoms with Gasteiger partial charge in [0.15, 0.2) is 5.96 Å². The van der Waals surface area contributed by atoms with Crippen LogP contribution in [0.5, 0.6) is 0 Å². The Morgan fingerprint density at radius 3 is 2.73 bits per heavy atom. The Kier molecular flexibility index (Phi) is 5.64. The van der Waals surface area contributed by atoms with Gasteiger partial charge in [-0.3, -0.25) is 9.67 Å². The summed E-state index contributed by atoms with van der Waals surface area (Å²) in [5.41, 5.74) is 2.68. The maximum absolute atomic E-state index is 4.99. The van der Waals surface area contributed by atoms with Gasteiger partial charge in [0.05, 0.1) is 12.7 Å². The summed E-state index contributed by atoms with van der Waals surface area (Å²) < 4.78 is 1.89. The molecule has 1 aromatic carbocycles. The smallest absolute Gasteiger partial charge is 0.193 e. The standard InChI is InChI=1S/C21H31N5/c1-5-22-20(23-16-21(2,3)19-9-7-6-8-10-19)26-12-11-17(15-26)18-13-24-25(4)14-18/h6-10,13-14,17H,5,11-12,15-16H2,1-4H3,(H,22,23). The number of benzene rings is 1. The summed E-state index contributed by atoms with van der Waals surface area (Å²) in [5, 5.41) is 7.80. The van der Waals surface area contributed by atoms with Crippen LogP contribution in [-0.4, -0.2) is 46.8 Å². The van der Waals surface area contributed by atoms with Crippen molar-refractivity contribution >= 4 is 5.96 Å². The lowest BCUT2D eigenvalue weighted by atomic mass is 9.85. The van der Waals surface area contributed by atoms with Crippen LogP contribution in [0.25, 0.3) is 0 Å². The predicted octanol–water partition coefficient (Wildman–Crippen LogP) is 3.15. The Bertz CT molecular complexity index is 732. The summed E-state index contributed by atoms with van der Waals surface area (Å²) in [6.07, 6.45) is 5.28. The molecule has 2 heterocycles. The van der Waals surface area contributed by atoms with Gasteiger partial charge >= 0.3 is 0 Å². The van der Waals surface area contributed by atoms with E-state index in [4.69, 9.17) is 4.99 Å². The molecular weight excluding hydrogens is 322 g/mol. The summed E-state index contributed by atoms with van der Waals surface area (Å²) in [5.74, 6) is 1.57. The highest BCUT2D eigenvalue weighted by molar-refractivity contribution is 5.80. The van der Waals surface area contributed by atoms with Crippen LogP contribution in [0.3, 0.4) is 0 Å². The van der Waals surface area contributed by atoms with Crippen molar-refractivity contribution in [2.45, 2.75) is 38.5 Å². The van der Waals surface area contributed by atoms with Gasteiger partial charge in [0.1, 0.15) is 0 Å². The van der Waals surface area contributed by atoms with Crippen LogP contribution >= 0.6 is 0 Å². The molecule has 5 heteroatoms. The molecule has 1 fully saturated rings. The molecule has 3 rings (SSSR count). The molecule has 1 N–H and O–H groups in total. The van der Waals surface area contributed by atoms with Crippen LogP contribution in [0.4, 0.5) is 0 Å². The van der Waals surface area contributed by atoms with E-state index in [0.29, 0.717) is 5.92 Å². The van der Waals surface area contributed by atoms with Gasteiger partial charge in [0.2, 0.25) is 0 Å². The van der Waals surface area contributed by atoms with Gasteiger partial charge in [-0.05, 0) is 24.5 Å². The Balaban J connectivity index is 1.70. The third-order valence-electron chi connectivity index (χ3n) is 5.20. The van der Waals surface area contributed by atoms with Crippen molar-refractivity contribution in [1.82, 2.24) is 20.0 Å². The zero-order valence-electron chi connectivity index (χ0n) is 16.4. The van der Waals surface area contributed by atoms with E-state index in [2.05, 4.69) is 72.6 Å². The van der Waals surface area contributed by atoms with Crippen molar-refractivity contribution in [2.24, 2.45) is 12.0 Å². The van der Waals surface area contributed by atoms with E-state index in [9.17, 15) is 0 Å². The van der Waals surface area contributed by atoms with Gasteiger partial charge < -0.3 is 10.2 Å². The van der Waals surface area contributed by atoms with Gasteiger partial charge in [-0.15, -0.1) is 0 Å². The number of hydrogen-bond acceptors (Lipinski definition) is 2.